The lowest BCUT2D eigenvalue weighted by Gasteiger charge is -2.24. The Morgan fingerprint density at radius 3 is 2.83 bits per heavy atom. The number of hydrogen-bond acceptors (Lipinski definition) is 4. The maximum absolute atomic E-state index is 10.7. The Bertz CT molecular complexity index is 157. The van der Waals surface area contributed by atoms with E-state index in [2.05, 4.69) is 4.74 Å². The van der Waals surface area contributed by atoms with Crippen molar-refractivity contribution in [2.75, 3.05) is 7.11 Å². The number of ether oxygens (including phenoxy) is 2. The minimum Gasteiger partial charge on any atom is -0.438 e. The van der Waals surface area contributed by atoms with E-state index in [1.165, 1.54) is 7.11 Å². The molecule has 1 rings (SSSR count). The second kappa shape index (κ2) is 4.30. The molecule has 1 saturated carbocycles. The van der Waals surface area contributed by atoms with Gasteiger partial charge in [-0.3, -0.25) is 0 Å². The van der Waals surface area contributed by atoms with Gasteiger partial charge in [-0.25, -0.2) is 4.79 Å². The molecule has 4 heteroatoms. The molecule has 0 saturated heterocycles. The minimum absolute atomic E-state index is 0.166. The van der Waals surface area contributed by atoms with Gasteiger partial charge >= 0.3 is 6.16 Å². The maximum atomic E-state index is 10.7. The highest BCUT2D eigenvalue weighted by Crippen LogP contribution is 2.21. The van der Waals surface area contributed by atoms with Gasteiger partial charge in [-0.1, -0.05) is 0 Å². The summed E-state index contributed by atoms with van der Waals surface area (Å²) >= 11 is 0. The molecular formula is C8H14O4. The number of aliphatic hydroxyl groups is 1. The molecule has 1 N–H and O–H groups in total. The largest absolute Gasteiger partial charge is 0.508 e. The van der Waals surface area contributed by atoms with Crippen LogP contribution in [0.3, 0.4) is 0 Å². The van der Waals surface area contributed by atoms with Gasteiger partial charge in [-0.2, -0.15) is 0 Å². The average Bonchev–Trinajstić information content (AvgIpc) is 2.04. The highest BCUT2D eigenvalue weighted by molar-refractivity contribution is 5.59. The summed E-state index contributed by atoms with van der Waals surface area (Å²) in [4.78, 5) is 10.7. The Hall–Kier alpha value is -0.770. The van der Waals surface area contributed by atoms with E-state index in [0.717, 1.165) is 19.3 Å². The van der Waals surface area contributed by atoms with E-state index in [9.17, 15) is 9.90 Å². The van der Waals surface area contributed by atoms with Crippen LogP contribution in [0, 0.1) is 0 Å². The van der Waals surface area contributed by atoms with E-state index in [-0.39, 0.29) is 12.2 Å². The van der Waals surface area contributed by atoms with Crippen molar-refractivity contribution in [3.63, 3.8) is 0 Å². The van der Waals surface area contributed by atoms with Crippen LogP contribution in [-0.2, 0) is 9.47 Å². The fourth-order valence-electron chi connectivity index (χ4n) is 1.41. The highest BCUT2D eigenvalue weighted by atomic mass is 16.7. The van der Waals surface area contributed by atoms with Crippen LogP contribution in [0.25, 0.3) is 0 Å². The topological polar surface area (TPSA) is 55.8 Å². The van der Waals surface area contributed by atoms with Gasteiger partial charge in [-0.15, -0.1) is 0 Å². The molecule has 0 aromatic heterocycles. The van der Waals surface area contributed by atoms with Crippen molar-refractivity contribution in [1.82, 2.24) is 0 Å². The Balaban J connectivity index is 2.27. The van der Waals surface area contributed by atoms with Crippen LogP contribution in [0.2, 0.25) is 0 Å². The minimum atomic E-state index is -0.658. The molecule has 2 atom stereocenters. The maximum Gasteiger partial charge on any atom is 0.508 e. The zero-order chi connectivity index (χ0) is 8.97. The fraction of sp³-hybridized carbons (Fsp3) is 0.875. The van der Waals surface area contributed by atoms with E-state index in [0.29, 0.717) is 6.42 Å². The van der Waals surface area contributed by atoms with Crippen molar-refractivity contribution < 1.29 is 19.4 Å². The molecule has 70 valence electrons. The second-order valence-corrected chi connectivity index (χ2v) is 3.01. The smallest absolute Gasteiger partial charge is 0.438 e. The van der Waals surface area contributed by atoms with Crippen LogP contribution in [0.15, 0.2) is 0 Å². The molecule has 1 fully saturated rings. The first-order valence-electron chi connectivity index (χ1n) is 4.15. The Labute approximate surface area is 71.5 Å². The summed E-state index contributed by atoms with van der Waals surface area (Å²) in [5, 5.41) is 9.23. The van der Waals surface area contributed by atoms with Gasteiger partial charge in [-0.05, 0) is 19.3 Å². The number of aliphatic hydroxyl groups excluding tert-OH is 1. The third-order valence-corrected chi connectivity index (χ3v) is 2.03. The number of rotatable bonds is 1. The van der Waals surface area contributed by atoms with Crippen LogP contribution in [-0.4, -0.2) is 30.6 Å². The quantitative estimate of drug-likeness (QED) is 0.604. The monoisotopic (exact) mass is 174 g/mol. The van der Waals surface area contributed by atoms with Crippen LogP contribution < -0.4 is 0 Å². The second-order valence-electron chi connectivity index (χ2n) is 3.01. The van der Waals surface area contributed by atoms with E-state index in [1.54, 1.807) is 0 Å². The number of methoxy groups -OCH3 is 1. The number of carbonyl (C=O) groups is 1. The number of hydrogen-bond donors (Lipinski definition) is 1. The van der Waals surface area contributed by atoms with Gasteiger partial charge < -0.3 is 14.6 Å². The van der Waals surface area contributed by atoms with Crippen molar-refractivity contribution >= 4 is 6.16 Å². The lowest BCUT2D eigenvalue weighted by Crippen LogP contribution is -2.28. The normalized spacial score (nSPS) is 29.5. The predicted molar refractivity (Wildman–Crippen MR) is 41.8 cm³/mol. The van der Waals surface area contributed by atoms with Crippen LogP contribution in [0.4, 0.5) is 4.79 Å². The van der Waals surface area contributed by atoms with Gasteiger partial charge in [0.05, 0.1) is 13.2 Å². The Kier molecular flexibility index (Phi) is 3.34. The first-order valence-corrected chi connectivity index (χ1v) is 4.15. The van der Waals surface area contributed by atoms with Gasteiger partial charge in [0, 0.05) is 6.42 Å². The fourth-order valence-corrected chi connectivity index (χ4v) is 1.41. The summed E-state index contributed by atoms with van der Waals surface area (Å²) in [6.45, 7) is 0. The number of carbonyl (C=O) groups excluding carboxylic acids is 1. The molecule has 4 nitrogen and oxygen atoms in total. The third-order valence-electron chi connectivity index (χ3n) is 2.03. The predicted octanol–water partition coefficient (Wildman–Crippen LogP) is 1.07. The highest BCUT2D eigenvalue weighted by Gasteiger charge is 2.23. The lowest BCUT2D eigenvalue weighted by molar-refractivity contribution is -0.00683. The molecule has 0 aliphatic heterocycles. The molecule has 12 heavy (non-hydrogen) atoms. The van der Waals surface area contributed by atoms with E-state index < -0.39 is 6.16 Å². The molecular weight excluding hydrogens is 160 g/mol. The first-order chi connectivity index (χ1) is 5.72. The van der Waals surface area contributed by atoms with Crippen LogP contribution >= 0.6 is 0 Å². The van der Waals surface area contributed by atoms with Gasteiger partial charge in [0.25, 0.3) is 0 Å². The summed E-state index contributed by atoms with van der Waals surface area (Å²) in [5.41, 5.74) is 0. The van der Waals surface area contributed by atoms with E-state index >= 15 is 0 Å². The molecule has 0 radical (unpaired) electrons. The summed E-state index contributed by atoms with van der Waals surface area (Å²) < 4.78 is 9.24. The van der Waals surface area contributed by atoms with Gasteiger partial charge in [0.2, 0.25) is 0 Å². The van der Waals surface area contributed by atoms with Crippen molar-refractivity contribution in [2.45, 2.75) is 37.9 Å². The first kappa shape index (κ1) is 9.32. The Morgan fingerprint density at radius 2 is 2.25 bits per heavy atom. The molecule has 1 aliphatic rings. The van der Waals surface area contributed by atoms with Crippen molar-refractivity contribution in [3.8, 4) is 0 Å². The van der Waals surface area contributed by atoms with Crippen LogP contribution in [0.1, 0.15) is 25.7 Å². The lowest BCUT2D eigenvalue weighted by atomic mass is 9.95. The van der Waals surface area contributed by atoms with Gasteiger partial charge in [0.1, 0.15) is 6.10 Å². The molecule has 0 bridgehead atoms. The molecule has 0 unspecified atom stereocenters. The van der Waals surface area contributed by atoms with E-state index in [4.69, 9.17) is 4.74 Å². The van der Waals surface area contributed by atoms with Crippen molar-refractivity contribution in [2.24, 2.45) is 0 Å². The van der Waals surface area contributed by atoms with Crippen molar-refractivity contribution in [3.05, 3.63) is 0 Å². The zero-order valence-electron chi connectivity index (χ0n) is 7.16. The summed E-state index contributed by atoms with van der Waals surface area (Å²) in [5.74, 6) is 0. The summed E-state index contributed by atoms with van der Waals surface area (Å²) in [6.07, 6.45) is 1.93. The van der Waals surface area contributed by atoms with Crippen molar-refractivity contribution in [1.29, 1.82) is 0 Å². The molecule has 0 aromatic rings. The zero-order valence-corrected chi connectivity index (χ0v) is 7.16. The molecule has 1 aliphatic carbocycles. The molecule has 0 spiro atoms. The van der Waals surface area contributed by atoms with Crippen LogP contribution in [0.5, 0.6) is 0 Å². The van der Waals surface area contributed by atoms with Gasteiger partial charge in [0.15, 0.2) is 0 Å². The Morgan fingerprint density at radius 1 is 1.50 bits per heavy atom. The summed E-state index contributed by atoms with van der Waals surface area (Å²) in [6, 6.07) is 0. The summed E-state index contributed by atoms with van der Waals surface area (Å²) in [7, 11) is 1.28. The molecule has 0 heterocycles. The standard InChI is InChI=1S/C8H14O4/c1-11-8(10)12-7-4-2-3-6(9)5-7/h6-7,9H,2-5H2,1H3/t6-,7+/m0/s1. The molecule has 0 amide bonds. The average molecular weight is 174 g/mol. The molecule has 0 aromatic carbocycles. The van der Waals surface area contributed by atoms with E-state index in [1.807, 2.05) is 0 Å². The third kappa shape index (κ3) is 2.70. The SMILES string of the molecule is COC(=O)O[C@@H]1CCC[C@H](O)C1.